The molecule has 0 aromatic heterocycles. The molecule has 31 valence electrons. The van der Waals surface area contributed by atoms with Gasteiger partial charge in [-0.3, -0.25) is 0 Å². The van der Waals surface area contributed by atoms with Crippen LogP contribution in [-0.4, -0.2) is 16.4 Å². The fourth-order valence-corrected chi connectivity index (χ4v) is 0. The third-order valence-corrected chi connectivity index (χ3v) is 0. The second kappa shape index (κ2) is 38.2. The number of hydrogen-bond donors (Lipinski definition) is 0. The molecule has 0 amide bonds. The first-order chi connectivity index (χ1) is 0. The Balaban J connectivity index is 0. The van der Waals surface area contributed by atoms with Gasteiger partial charge in [-0.25, -0.2) is 0 Å². The molecule has 0 fully saturated rings. The molecular formula is H6LaO3Zr. The standard InChI is InChI=1S/La.3H2O.Zr/h;3*1H2;. The van der Waals surface area contributed by atoms with Crippen LogP contribution in [0, 0.1) is 35.6 Å². The van der Waals surface area contributed by atoms with Gasteiger partial charge >= 0.3 is 0 Å². The van der Waals surface area contributed by atoms with E-state index >= 15 is 0 Å². The van der Waals surface area contributed by atoms with Crippen LogP contribution >= 0.6 is 0 Å². The van der Waals surface area contributed by atoms with Crippen molar-refractivity contribution in [1.29, 1.82) is 0 Å². The van der Waals surface area contributed by atoms with Gasteiger partial charge in [0.2, 0.25) is 0 Å². The topological polar surface area (TPSA) is 94.5 Å². The monoisotopic (exact) mass is 283 g/mol. The smallest absolute Gasteiger partial charge is 0 e. The summed E-state index contributed by atoms with van der Waals surface area (Å²) in [5.41, 5.74) is 0. The molecule has 0 aromatic carbocycles. The van der Waals surface area contributed by atoms with Crippen LogP contribution in [0.4, 0.5) is 0 Å². The van der Waals surface area contributed by atoms with Crippen molar-refractivity contribution in [2.45, 2.75) is 0 Å². The SMILES string of the molecule is O.O.O.[La].[Zr]. The van der Waals surface area contributed by atoms with Gasteiger partial charge in [0.05, 0.1) is 0 Å². The Bertz CT molecular complexity index is 6.85. The Labute approximate surface area is 77.2 Å². The maximum atomic E-state index is 0. The van der Waals surface area contributed by atoms with E-state index in [4.69, 9.17) is 0 Å². The van der Waals surface area contributed by atoms with Crippen LogP contribution < -0.4 is 0 Å². The molecular weight excluding hydrogens is 278 g/mol. The summed E-state index contributed by atoms with van der Waals surface area (Å²) in [5, 5.41) is 0. The molecule has 1 radical (unpaired) electrons. The van der Waals surface area contributed by atoms with Crippen molar-refractivity contribution < 1.29 is 78.2 Å². The molecule has 0 rings (SSSR count). The molecule has 3 nitrogen and oxygen atoms in total. The maximum absolute atomic E-state index is 0. The van der Waals surface area contributed by atoms with E-state index in [2.05, 4.69) is 0 Å². The molecule has 0 spiro atoms. The number of rotatable bonds is 0. The second-order valence-corrected chi connectivity index (χ2v) is 0. The van der Waals surface area contributed by atoms with Crippen LogP contribution in [0.2, 0.25) is 0 Å². The summed E-state index contributed by atoms with van der Waals surface area (Å²) in [6.45, 7) is 0. The van der Waals surface area contributed by atoms with E-state index < -0.39 is 0 Å². The minimum absolute atomic E-state index is 0. The fourth-order valence-electron chi connectivity index (χ4n) is 0. The first kappa shape index (κ1) is 64.4. The third kappa shape index (κ3) is 24.3. The summed E-state index contributed by atoms with van der Waals surface area (Å²) >= 11 is 0. The largest absolute Gasteiger partial charge is 0.412 e. The summed E-state index contributed by atoms with van der Waals surface area (Å²) in [7, 11) is 0. The minimum Gasteiger partial charge on any atom is -0.412 e. The van der Waals surface area contributed by atoms with E-state index in [0.29, 0.717) is 0 Å². The number of hydrogen-bond acceptors (Lipinski definition) is 0. The molecule has 0 aromatic rings. The zero-order valence-corrected chi connectivity index (χ0v) is 8.66. The van der Waals surface area contributed by atoms with E-state index in [1.807, 2.05) is 0 Å². The zero-order valence-electron chi connectivity index (χ0n) is 2.58. The molecule has 0 aliphatic heterocycles. The molecule has 0 saturated heterocycles. The Morgan fingerprint density at radius 3 is 0.600 bits per heavy atom. The van der Waals surface area contributed by atoms with Crippen LogP contribution in [0.15, 0.2) is 0 Å². The summed E-state index contributed by atoms with van der Waals surface area (Å²) in [6, 6.07) is 0. The van der Waals surface area contributed by atoms with Gasteiger partial charge in [0.1, 0.15) is 0 Å². The van der Waals surface area contributed by atoms with Gasteiger partial charge in [-0.1, -0.05) is 0 Å². The molecule has 0 bridgehead atoms. The van der Waals surface area contributed by atoms with Crippen molar-refractivity contribution in [2.75, 3.05) is 0 Å². The Hall–Kier alpha value is 1.96. The summed E-state index contributed by atoms with van der Waals surface area (Å²) in [6.07, 6.45) is 0. The molecule has 0 unspecified atom stereocenters. The van der Waals surface area contributed by atoms with Crippen LogP contribution in [0.3, 0.4) is 0 Å². The molecule has 6 N–H and O–H groups in total. The van der Waals surface area contributed by atoms with Gasteiger partial charge in [0.15, 0.2) is 0 Å². The predicted octanol–water partition coefficient (Wildman–Crippen LogP) is -2.48. The van der Waals surface area contributed by atoms with Crippen molar-refractivity contribution in [1.82, 2.24) is 0 Å². The van der Waals surface area contributed by atoms with E-state index in [1.54, 1.807) is 0 Å². The van der Waals surface area contributed by atoms with Gasteiger partial charge in [-0.05, 0) is 0 Å². The van der Waals surface area contributed by atoms with E-state index in [-0.39, 0.29) is 78.2 Å². The summed E-state index contributed by atoms with van der Waals surface area (Å²) in [4.78, 5) is 0. The first-order valence-electron chi connectivity index (χ1n) is 0. The van der Waals surface area contributed by atoms with Crippen molar-refractivity contribution in [2.24, 2.45) is 0 Å². The molecule has 5 heavy (non-hydrogen) atoms. The summed E-state index contributed by atoms with van der Waals surface area (Å²) < 4.78 is 0. The van der Waals surface area contributed by atoms with Gasteiger partial charge in [0.25, 0.3) is 0 Å². The molecule has 0 aliphatic carbocycles. The Kier molecular flexibility index (Phi) is 492. The molecule has 5 heteroatoms. The van der Waals surface area contributed by atoms with Gasteiger partial charge < -0.3 is 16.4 Å². The van der Waals surface area contributed by atoms with Crippen molar-refractivity contribution in [3.05, 3.63) is 0 Å². The van der Waals surface area contributed by atoms with Crippen LogP contribution in [0.1, 0.15) is 0 Å². The average molecular weight is 284 g/mol. The van der Waals surface area contributed by atoms with Crippen LogP contribution in [0.5, 0.6) is 0 Å². The first-order valence-corrected chi connectivity index (χ1v) is 0. The van der Waals surface area contributed by atoms with Gasteiger partial charge in [0, 0.05) is 61.8 Å². The third-order valence-electron chi connectivity index (χ3n) is 0. The van der Waals surface area contributed by atoms with Crippen LogP contribution in [0.25, 0.3) is 0 Å². The minimum atomic E-state index is 0. The van der Waals surface area contributed by atoms with Crippen molar-refractivity contribution in [3.8, 4) is 0 Å². The Morgan fingerprint density at radius 1 is 0.600 bits per heavy atom. The van der Waals surface area contributed by atoms with Gasteiger partial charge in [-0.2, -0.15) is 0 Å². The normalized spacial score (nSPS) is 0. The van der Waals surface area contributed by atoms with Crippen molar-refractivity contribution >= 4 is 0 Å². The van der Waals surface area contributed by atoms with E-state index in [1.165, 1.54) is 0 Å². The fraction of sp³-hybridized carbons (Fsp3) is 0. The Morgan fingerprint density at radius 2 is 0.600 bits per heavy atom. The molecule has 0 heterocycles. The van der Waals surface area contributed by atoms with Gasteiger partial charge in [-0.15, -0.1) is 0 Å². The summed E-state index contributed by atoms with van der Waals surface area (Å²) in [5.74, 6) is 0. The molecule has 0 atom stereocenters. The second-order valence-electron chi connectivity index (χ2n) is 0. The van der Waals surface area contributed by atoms with Crippen LogP contribution in [-0.2, 0) is 26.2 Å². The molecule has 0 aliphatic rings. The molecule has 0 saturated carbocycles. The predicted molar refractivity (Wildman–Crippen MR) is 10.8 cm³/mol. The maximum Gasteiger partial charge on any atom is 0 e. The average Bonchev–Trinajstić information content (AvgIpc) is 0. The van der Waals surface area contributed by atoms with Crippen molar-refractivity contribution in [3.63, 3.8) is 0 Å². The zero-order chi connectivity index (χ0) is 0. The van der Waals surface area contributed by atoms with E-state index in [9.17, 15) is 0 Å². The van der Waals surface area contributed by atoms with E-state index in [0.717, 1.165) is 0 Å². The quantitative estimate of drug-likeness (QED) is 0.471.